The van der Waals surface area contributed by atoms with Gasteiger partial charge >= 0.3 is 0 Å². The fourth-order valence-electron chi connectivity index (χ4n) is 1.90. The van der Waals surface area contributed by atoms with Gasteiger partial charge < -0.3 is 15.4 Å². The third kappa shape index (κ3) is 4.23. The number of hydrogen-bond acceptors (Lipinski definition) is 2. The smallest absolute Gasteiger partial charge is 0.268 e. The summed E-state index contributed by atoms with van der Waals surface area (Å²) in [6.45, 7) is 2.01. The summed E-state index contributed by atoms with van der Waals surface area (Å²) < 4.78 is 0. The summed E-state index contributed by atoms with van der Waals surface area (Å²) in [4.78, 5) is 14.8. The van der Waals surface area contributed by atoms with Gasteiger partial charge in [-0.15, -0.1) is 0 Å². The lowest BCUT2D eigenvalue weighted by molar-refractivity contribution is 0.0935. The van der Waals surface area contributed by atoms with Crippen LogP contribution in [0, 0.1) is 11.8 Å². The van der Waals surface area contributed by atoms with Gasteiger partial charge in [-0.3, -0.25) is 4.79 Å². The zero-order valence-electron chi connectivity index (χ0n) is 11.9. The van der Waals surface area contributed by atoms with Crippen molar-refractivity contribution in [1.29, 1.82) is 0 Å². The molecule has 0 spiro atoms. The Morgan fingerprint density at radius 1 is 1.33 bits per heavy atom. The lowest BCUT2D eigenvalue weighted by Crippen LogP contribution is -2.26. The van der Waals surface area contributed by atoms with Crippen LogP contribution in [0.2, 0.25) is 0 Å². The molecular formula is C17H18N2O2. The molecule has 0 radical (unpaired) electrons. The number of aliphatic hydroxyl groups excluding tert-OH is 1. The number of H-pyrrole nitrogens is 1. The van der Waals surface area contributed by atoms with Crippen LogP contribution < -0.4 is 5.32 Å². The minimum atomic E-state index is -0.126. The fourth-order valence-corrected chi connectivity index (χ4v) is 1.90. The SMILES string of the molecule is CC(NC(=O)c1ccc[nH]1)c1ccc(C#CCCO)cc1. The molecule has 0 aliphatic carbocycles. The van der Waals surface area contributed by atoms with Gasteiger partial charge in [0.15, 0.2) is 0 Å². The average Bonchev–Trinajstić information content (AvgIpc) is 3.02. The predicted octanol–water partition coefficient (Wildman–Crippen LogP) is 2.24. The van der Waals surface area contributed by atoms with Crippen LogP contribution in [0.15, 0.2) is 42.6 Å². The first-order valence-corrected chi connectivity index (χ1v) is 6.84. The predicted molar refractivity (Wildman–Crippen MR) is 81.7 cm³/mol. The standard InChI is InChI=1S/C17H18N2O2/c1-13(19-17(21)16-6-4-11-18-16)15-9-7-14(8-10-15)5-2-3-12-20/h4,6-11,13,18,20H,3,12H2,1H3,(H,19,21). The van der Waals surface area contributed by atoms with Gasteiger partial charge in [0.25, 0.3) is 5.91 Å². The van der Waals surface area contributed by atoms with Crippen LogP contribution in [0.3, 0.4) is 0 Å². The van der Waals surface area contributed by atoms with E-state index >= 15 is 0 Å². The van der Waals surface area contributed by atoms with Crippen molar-refractivity contribution < 1.29 is 9.90 Å². The number of aliphatic hydroxyl groups is 1. The highest BCUT2D eigenvalue weighted by Crippen LogP contribution is 2.13. The Balaban J connectivity index is 1.98. The third-order valence-electron chi connectivity index (χ3n) is 3.07. The van der Waals surface area contributed by atoms with Crippen LogP contribution in [0.4, 0.5) is 0 Å². The van der Waals surface area contributed by atoms with Crippen LogP contribution in [0.5, 0.6) is 0 Å². The number of carbonyl (C=O) groups is 1. The van der Waals surface area contributed by atoms with E-state index in [9.17, 15) is 4.79 Å². The third-order valence-corrected chi connectivity index (χ3v) is 3.07. The summed E-state index contributed by atoms with van der Waals surface area (Å²) in [5, 5.41) is 11.6. The number of aromatic amines is 1. The molecule has 3 N–H and O–H groups in total. The van der Waals surface area contributed by atoms with E-state index < -0.39 is 0 Å². The zero-order chi connectivity index (χ0) is 15.1. The van der Waals surface area contributed by atoms with Crippen molar-refractivity contribution in [2.45, 2.75) is 19.4 Å². The van der Waals surface area contributed by atoms with Gasteiger partial charge in [-0.05, 0) is 36.8 Å². The van der Waals surface area contributed by atoms with E-state index in [0.29, 0.717) is 12.1 Å². The topological polar surface area (TPSA) is 65.1 Å². The highest BCUT2D eigenvalue weighted by atomic mass is 16.2. The maximum atomic E-state index is 11.9. The summed E-state index contributed by atoms with van der Waals surface area (Å²) in [6.07, 6.45) is 2.20. The lowest BCUT2D eigenvalue weighted by atomic mass is 10.1. The zero-order valence-corrected chi connectivity index (χ0v) is 11.9. The van der Waals surface area contributed by atoms with E-state index in [0.717, 1.165) is 11.1 Å². The van der Waals surface area contributed by atoms with Gasteiger partial charge in [-0.2, -0.15) is 0 Å². The Kier molecular flexibility index (Phi) is 5.19. The van der Waals surface area contributed by atoms with Gasteiger partial charge in [0.1, 0.15) is 5.69 Å². The number of aromatic nitrogens is 1. The summed E-state index contributed by atoms with van der Waals surface area (Å²) in [6, 6.07) is 11.2. The number of hydrogen-bond donors (Lipinski definition) is 3. The molecule has 1 aromatic carbocycles. The Bertz CT molecular complexity index is 634. The van der Waals surface area contributed by atoms with Crippen LogP contribution in [0.1, 0.15) is 41.0 Å². The molecule has 2 rings (SSSR count). The van der Waals surface area contributed by atoms with Gasteiger partial charge in [0, 0.05) is 18.2 Å². The molecule has 4 heteroatoms. The largest absolute Gasteiger partial charge is 0.395 e. The van der Waals surface area contributed by atoms with E-state index in [2.05, 4.69) is 22.1 Å². The first-order valence-electron chi connectivity index (χ1n) is 6.84. The van der Waals surface area contributed by atoms with E-state index in [1.165, 1.54) is 0 Å². The van der Waals surface area contributed by atoms with Crippen molar-refractivity contribution >= 4 is 5.91 Å². The first kappa shape index (κ1) is 14.9. The summed E-state index contributed by atoms with van der Waals surface area (Å²) >= 11 is 0. The molecular weight excluding hydrogens is 264 g/mol. The van der Waals surface area contributed by atoms with Crippen molar-refractivity contribution in [3.05, 3.63) is 59.4 Å². The van der Waals surface area contributed by atoms with Gasteiger partial charge in [0.05, 0.1) is 12.6 Å². The second-order valence-corrected chi connectivity index (χ2v) is 4.68. The van der Waals surface area contributed by atoms with Gasteiger partial charge in [-0.1, -0.05) is 24.0 Å². The number of carbonyl (C=O) groups excluding carboxylic acids is 1. The highest BCUT2D eigenvalue weighted by Gasteiger charge is 2.11. The van der Waals surface area contributed by atoms with Crippen molar-refractivity contribution in [3.8, 4) is 11.8 Å². The van der Waals surface area contributed by atoms with Gasteiger partial charge in [0.2, 0.25) is 0 Å². The normalized spacial score (nSPS) is 11.3. The van der Waals surface area contributed by atoms with E-state index in [1.54, 1.807) is 18.3 Å². The Labute approximate surface area is 124 Å². The maximum absolute atomic E-state index is 11.9. The number of amides is 1. The Morgan fingerprint density at radius 2 is 2.10 bits per heavy atom. The molecule has 1 amide bonds. The molecule has 0 saturated carbocycles. The maximum Gasteiger partial charge on any atom is 0.268 e. The van der Waals surface area contributed by atoms with Crippen molar-refractivity contribution in [3.63, 3.8) is 0 Å². The molecule has 2 aromatic rings. The summed E-state index contributed by atoms with van der Waals surface area (Å²) in [7, 11) is 0. The summed E-state index contributed by atoms with van der Waals surface area (Å²) in [5.41, 5.74) is 2.46. The van der Waals surface area contributed by atoms with E-state index in [1.807, 2.05) is 31.2 Å². The van der Waals surface area contributed by atoms with E-state index in [-0.39, 0.29) is 18.6 Å². The minimum Gasteiger partial charge on any atom is -0.395 e. The number of benzene rings is 1. The Hall–Kier alpha value is -2.51. The second kappa shape index (κ2) is 7.32. The fraction of sp³-hybridized carbons (Fsp3) is 0.235. The molecule has 0 aliphatic heterocycles. The van der Waals surface area contributed by atoms with Crippen LogP contribution in [-0.2, 0) is 0 Å². The quantitative estimate of drug-likeness (QED) is 0.753. The van der Waals surface area contributed by atoms with Crippen LogP contribution in [0.25, 0.3) is 0 Å². The second-order valence-electron chi connectivity index (χ2n) is 4.68. The lowest BCUT2D eigenvalue weighted by Gasteiger charge is -2.13. The molecule has 108 valence electrons. The molecule has 4 nitrogen and oxygen atoms in total. The van der Waals surface area contributed by atoms with Gasteiger partial charge in [-0.25, -0.2) is 0 Å². The Morgan fingerprint density at radius 3 is 2.71 bits per heavy atom. The van der Waals surface area contributed by atoms with Crippen LogP contribution >= 0.6 is 0 Å². The molecule has 0 bridgehead atoms. The average molecular weight is 282 g/mol. The van der Waals surface area contributed by atoms with Crippen molar-refractivity contribution in [2.24, 2.45) is 0 Å². The van der Waals surface area contributed by atoms with Crippen molar-refractivity contribution in [2.75, 3.05) is 6.61 Å². The van der Waals surface area contributed by atoms with E-state index in [4.69, 9.17) is 5.11 Å². The number of nitrogens with one attached hydrogen (secondary N) is 2. The molecule has 1 heterocycles. The molecule has 1 unspecified atom stereocenters. The van der Waals surface area contributed by atoms with Crippen molar-refractivity contribution in [1.82, 2.24) is 10.3 Å². The summed E-state index contributed by atoms with van der Waals surface area (Å²) in [5.74, 6) is 5.72. The van der Waals surface area contributed by atoms with Crippen LogP contribution in [-0.4, -0.2) is 22.6 Å². The number of rotatable bonds is 4. The molecule has 21 heavy (non-hydrogen) atoms. The molecule has 0 saturated heterocycles. The molecule has 1 aromatic heterocycles. The molecule has 1 atom stereocenters. The first-order chi connectivity index (χ1) is 10.2. The molecule has 0 aliphatic rings. The molecule has 0 fully saturated rings. The minimum absolute atomic E-state index is 0.0763. The monoisotopic (exact) mass is 282 g/mol. The highest BCUT2D eigenvalue weighted by molar-refractivity contribution is 5.92.